The topological polar surface area (TPSA) is 102 Å². The third-order valence-electron chi connectivity index (χ3n) is 4.26. The quantitative estimate of drug-likeness (QED) is 0.417. The van der Waals surface area contributed by atoms with Crippen molar-refractivity contribution >= 4 is 23.3 Å². The van der Waals surface area contributed by atoms with E-state index in [1.54, 1.807) is 6.07 Å². The zero-order chi connectivity index (χ0) is 19.9. The number of ether oxygens (including phenoxy) is 1. The lowest BCUT2D eigenvalue weighted by atomic mass is 10.1. The first-order valence-corrected chi connectivity index (χ1v) is 8.85. The lowest BCUT2D eigenvalue weighted by molar-refractivity contribution is -0.384. The standard InChI is InChI=1S/C20H19N3O5/c24-19(22-12-11-18(21-22)16-6-2-1-3-7-16)9-10-20(25)28-14-15-5-4-8-17(13-15)23(26)27/h1-8,13H,9-12,14H2. The highest BCUT2D eigenvalue weighted by atomic mass is 16.6. The molecular weight excluding hydrogens is 362 g/mol. The summed E-state index contributed by atoms with van der Waals surface area (Å²) in [5.74, 6) is -0.774. The molecule has 0 atom stereocenters. The van der Waals surface area contributed by atoms with Crippen molar-refractivity contribution in [2.45, 2.75) is 25.9 Å². The van der Waals surface area contributed by atoms with E-state index in [0.29, 0.717) is 18.5 Å². The summed E-state index contributed by atoms with van der Waals surface area (Å²) < 4.78 is 5.10. The first-order valence-electron chi connectivity index (χ1n) is 8.85. The van der Waals surface area contributed by atoms with Crippen LogP contribution in [0.4, 0.5) is 5.69 Å². The molecule has 0 aromatic heterocycles. The van der Waals surface area contributed by atoms with Gasteiger partial charge in [0.1, 0.15) is 6.61 Å². The minimum absolute atomic E-state index is 0.000654. The Morgan fingerprint density at radius 1 is 1.11 bits per heavy atom. The molecule has 1 heterocycles. The summed E-state index contributed by atoms with van der Waals surface area (Å²) in [4.78, 5) is 34.4. The van der Waals surface area contributed by atoms with E-state index >= 15 is 0 Å². The predicted octanol–water partition coefficient (Wildman–Crippen LogP) is 3.05. The van der Waals surface area contributed by atoms with Crippen LogP contribution >= 0.6 is 0 Å². The number of carbonyl (C=O) groups excluding carboxylic acids is 2. The number of esters is 1. The Bertz CT molecular complexity index is 911. The summed E-state index contributed by atoms with van der Waals surface area (Å²) in [7, 11) is 0. The molecule has 3 rings (SSSR count). The van der Waals surface area contributed by atoms with Crippen molar-refractivity contribution in [1.29, 1.82) is 0 Å². The molecule has 1 aliphatic rings. The van der Waals surface area contributed by atoms with E-state index in [2.05, 4.69) is 5.10 Å². The van der Waals surface area contributed by atoms with Crippen LogP contribution in [-0.4, -0.2) is 34.1 Å². The van der Waals surface area contributed by atoms with Gasteiger partial charge < -0.3 is 4.74 Å². The Labute approximate surface area is 161 Å². The highest BCUT2D eigenvalue weighted by molar-refractivity contribution is 6.02. The minimum atomic E-state index is -0.536. The number of hydrogen-bond donors (Lipinski definition) is 0. The first kappa shape index (κ1) is 19.2. The van der Waals surface area contributed by atoms with Crippen molar-refractivity contribution in [3.63, 3.8) is 0 Å². The number of hydrazone groups is 1. The molecule has 0 saturated heterocycles. The number of nitro groups is 1. The van der Waals surface area contributed by atoms with Crippen LogP contribution in [0.3, 0.4) is 0 Å². The van der Waals surface area contributed by atoms with Gasteiger partial charge in [0.05, 0.1) is 23.6 Å². The predicted molar refractivity (Wildman–Crippen MR) is 101 cm³/mol. The van der Waals surface area contributed by atoms with Gasteiger partial charge >= 0.3 is 5.97 Å². The molecule has 2 aromatic carbocycles. The molecule has 28 heavy (non-hydrogen) atoms. The summed E-state index contributed by atoms with van der Waals surface area (Å²) >= 11 is 0. The van der Waals surface area contributed by atoms with Crippen LogP contribution in [-0.2, 0) is 20.9 Å². The van der Waals surface area contributed by atoms with Crippen LogP contribution in [0.1, 0.15) is 30.4 Å². The second-order valence-electron chi connectivity index (χ2n) is 6.27. The van der Waals surface area contributed by atoms with Crippen LogP contribution in [0, 0.1) is 10.1 Å². The van der Waals surface area contributed by atoms with Gasteiger partial charge in [-0.3, -0.25) is 19.7 Å². The normalized spacial score (nSPS) is 13.1. The van der Waals surface area contributed by atoms with Gasteiger partial charge in [-0.25, -0.2) is 5.01 Å². The average molecular weight is 381 g/mol. The fraction of sp³-hybridized carbons (Fsp3) is 0.250. The van der Waals surface area contributed by atoms with Gasteiger partial charge in [-0.15, -0.1) is 0 Å². The van der Waals surface area contributed by atoms with E-state index in [-0.39, 0.29) is 31.0 Å². The molecule has 144 valence electrons. The summed E-state index contributed by atoms with van der Waals surface area (Å²) in [5.41, 5.74) is 2.28. The molecule has 8 nitrogen and oxygen atoms in total. The van der Waals surface area contributed by atoms with Crippen molar-refractivity contribution in [3.8, 4) is 0 Å². The zero-order valence-electron chi connectivity index (χ0n) is 15.1. The van der Waals surface area contributed by atoms with E-state index < -0.39 is 10.9 Å². The van der Waals surface area contributed by atoms with Crippen LogP contribution in [0.2, 0.25) is 0 Å². The Balaban J connectivity index is 1.46. The molecule has 2 aromatic rings. The Morgan fingerprint density at radius 2 is 1.89 bits per heavy atom. The number of nitrogens with zero attached hydrogens (tertiary/aromatic N) is 3. The maximum atomic E-state index is 12.3. The lowest BCUT2D eigenvalue weighted by Crippen LogP contribution is -2.24. The van der Waals surface area contributed by atoms with Gasteiger partial charge in [0.15, 0.2) is 0 Å². The zero-order valence-corrected chi connectivity index (χ0v) is 15.1. The maximum absolute atomic E-state index is 12.3. The van der Waals surface area contributed by atoms with E-state index in [0.717, 1.165) is 11.3 Å². The average Bonchev–Trinajstić information content (AvgIpc) is 3.22. The third kappa shape index (κ3) is 5.00. The summed E-state index contributed by atoms with van der Waals surface area (Å²) in [6.07, 6.45) is 0.604. The molecule has 0 N–H and O–H groups in total. The molecule has 0 saturated carbocycles. The number of non-ortho nitro benzene ring substituents is 1. The molecule has 0 spiro atoms. The SMILES string of the molecule is O=C(CCC(=O)N1CCC(c2ccccc2)=N1)OCc1cccc([N+](=O)[O-])c1. The van der Waals surface area contributed by atoms with Crippen LogP contribution in [0.5, 0.6) is 0 Å². The van der Waals surface area contributed by atoms with Crippen LogP contribution in [0.15, 0.2) is 59.7 Å². The molecule has 0 radical (unpaired) electrons. The minimum Gasteiger partial charge on any atom is -0.461 e. The molecule has 0 bridgehead atoms. The second-order valence-corrected chi connectivity index (χ2v) is 6.27. The van der Waals surface area contributed by atoms with Gasteiger partial charge in [0, 0.05) is 25.0 Å². The van der Waals surface area contributed by atoms with Crippen molar-refractivity contribution in [2.24, 2.45) is 5.10 Å². The van der Waals surface area contributed by atoms with E-state index in [1.165, 1.54) is 23.2 Å². The molecule has 1 aliphatic heterocycles. The number of hydrogen-bond acceptors (Lipinski definition) is 6. The highest BCUT2D eigenvalue weighted by Crippen LogP contribution is 2.16. The van der Waals surface area contributed by atoms with Crippen LogP contribution in [0.25, 0.3) is 0 Å². The monoisotopic (exact) mass is 381 g/mol. The van der Waals surface area contributed by atoms with Gasteiger partial charge in [0.25, 0.3) is 5.69 Å². The largest absolute Gasteiger partial charge is 0.461 e. The molecule has 0 aliphatic carbocycles. The van der Waals surface area contributed by atoms with Crippen LogP contribution < -0.4 is 0 Å². The number of benzene rings is 2. The Hall–Kier alpha value is -3.55. The van der Waals surface area contributed by atoms with Crippen molar-refractivity contribution < 1.29 is 19.2 Å². The van der Waals surface area contributed by atoms with Crippen molar-refractivity contribution in [2.75, 3.05) is 6.54 Å². The van der Waals surface area contributed by atoms with Gasteiger partial charge in [-0.2, -0.15) is 5.10 Å². The lowest BCUT2D eigenvalue weighted by Gasteiger charge is -2.11. The number of rotatable bonds is 7. The smallest absolute Gasteiger partial charge is 0.306 e. The summed E-state index contributed by atoms with van der Waals surface area (Å²) in [6.45, 7) is 0.417. The highest BCUT2D eigenvalue weighted by Gasteiger charge is 2.22. The summed E-state index contributed by atoms with van der Waals surface area (Å²) in [6, 6.07) is 15.5. The van der Waals surface area contributed by atoms with Gasteiger partial charge in [0.2, 0.25) is 5.91 Å². The molecular formula is C20H19N3O5. The van der Waals surface area contributed by atoms with Crippen molar-refractivity contribution in [3.05, 3.63) is 75.8 Å². The number of carbonyl (C=O) groups is 2. The molecule has 8 heteroatoms. The molecule has 0 fully saturated rings. The fourth-order valence-corrected chi connectivity index (χ4v) is 2.80. The van der Waals surface area contributed by atoms with E-state index in [1.807, 2.05) is 30.3 Å². The maximum Gasteiger partial charge on any atom is 0.306 e. The number of amides is 1. The van der Waals surface area contributed by atoms with E-state index in [4.69, 9.17) is 4.74 Å². The molecule has 1 amide bonds. The number of nitro benzene ring substituents is 1. The Kier molecular flexibility index (Phi) is 6.11. The third-order valence-corrected chi connectivity index (χ3v) is 4.26. The molecule has 0 unspecified atom stereocenters. The fourth-order valence-electron chi connectivity index (χ4n) is 2.80. The first-order chi connectivity index (χ1) is 13.5. The Morgan fingerprint density at radius 3 is 2.64 bits per heavy atom. The summed E-state index contributed by atoms with van der Waals surface area (Å²) in [5, 5.41) is 16.5. The van der Waals surface area contributed by atoms with E-state index in [9.17, 15) is 19.7 Å². The van der Waals surface area contributed by atoms with Gasteiger partial charge in [-0.1, -0.05) is 42.5 Å². The van der Waals surface area contributed by atoms with Gasteiger partial charge in [-0.05, 0) is 11.1 Å². The van der Waals surface area contributed by atoms with Crippen molar-refractivity contribution in [1.82, 2.24) is 5.01 Å². The second kappa shape index (κ2) is 8.90.